The molecule has 0 aliphatic carbocycles. The third-order valence-corrected chi connectivity index (χ3v) is 4.46. The van der Waals surface area contributed by atoms with Gasteiger partial charge in [-0.15, -0.1) is 0 Å². The molecular weight excluding hydrogens is 296 g/mol. The molecule has 3 heteroatoms. The third kappa shape index (κ3) is 3.51. The van der Waals surface area contributed by atoms with Gasteiger partial charge in [0.15, 0.2) is 0 Å². The molecule has 0 radical (unpaired) electrons. The zero-order chi connectivity index (χ0) is 17.1. The molecule has 1 saturated heterocycles. The fourth-order valence-electron chi connectivity index (χ4n) is 3.21. The van der Waals surface area contributed by atoms with E-state index in [4.69, 9.17) is 0 Å². The molecule has 2 aromatic rings. The van der Waals surface area contributed by atoms with E-state index >= 15 is 0 Å². The highest BCUT2D eigenvalue weighted by Gasteiger charge is 2.27. The summed E-state index contributed by atoms with van der Waals surface area (Å²) in [5.74, 6) is 1.12. The van der Waals surface area contributed by atoms with Gasteiger partial charge in [-0.25, -0.2) is 0 Å². The van der Waals surface area contributed by atoms with Crippen LogP contribution in [-0.4, -0.2) is 23.9 Å². The fourth-order valence-corrected chi connectivity index (χ4v) is 3.21. The number of hydrogen-bond acceptors (Lipinski definition) is 2. The summed E-state index contributed by atoms with van der Waals surface area (Å²) in [7, 11) is 1.84. The Kier molecular flexibility index (Phi) is 4.70. The summed E-state index contributed by atoms with van der Waals surface area (Å²) in [5, 5.41) is 3.53. The van der Waals surface area contributed by atoms with Crippen molar-refractivity contribution in [1.29, 1.82) is 0 Å². The van der Waals surface area contributed by atoms with Gasteiger partial charge in [-0.2, -0.15) is 0 Å². The van der Waals surface area contributed by atoms with E-state index in [9.17, 15) is 4.79 Å². The van der Waals surface area contributed by atoms with Gasteiger partial charge in [0.2, 0.25) is 5.91 Å². The van der Waals surface area contributed by atoms with Crippen LogP contribution in [0.1, 0.15) is 25.8 Å². The van der Waals surface area contributed by atoms with Crippen LogP contribution < -0.4 is 5.32 Å². The van der Waals surface area contributed by atoms with Gasteiger partial charge in [-0.1, -0.05) is 54.6 Å². The molecule has 1 aliphatic rings. The second-order valence-corrected chi connectivity index (χ2v) is 6.62. The summed E-state index contributed by atoms with van der Waals surface area (Å²) in [6.07, 6.45) is 1.37. The van der Waals surface area contributed by atoms with Gasteiger partial charge in [-0.05, 0) is 42.5 Å². The summed E-state index contributed by atoms with van der Waals surface area (Å²) >= 11 is 0. The first-order valence-electron chi connectivity index (χ1n) is 8.39. The summed E-state index contributed by atoms with van der Waals surface area (Å²) in [4.78, 5) is 14.0. The smallest absolute Gasteiger partial charge is 0.229 e. The van der Waals surface area contributed by atoms with E-state index in [1.807, 2.05) is 27.0 Å². The number of amides is 1. The third-order valence-electron chi connectivity index (χ3n) is 4.46. The number of nitrogens with one attached hydrogen (secondary N) is 1. The lowest BCUT2D eigenvalue weighted by Gasteiger charge is -2.34. The van der Waals surface area contributed by atoms with E-state index in [0.717, 1.165) is 17.8 Å². The van der Waals surface area contributed by atoms with Gasteiger partial charge in [-0.3, -0.25) is 4.79 Å². The van der Waals surface area contributed by atoms with Crippen LogP contribution in [0.25, 0.3) is 11.1 Å². The molecule has 0 saturated carbocycles. The van der Waals surface area contributed by atoms with Crippen LogP contribution in [0, 0.1) is 0 Å². The summed E-state index contributed by atoms with van der Waals surface area (Å²) < 4.78 is 0. The Balaban J connectivity index is 1.79. The van der Waals surface area contributed by atoms with E-state index < -0.39 is 0 Å². The van der Waals surface area contributed by atoms with E-state index in [1.165, 1.54) is 16.7 Å². The molecule has 124 valence electrons. The quantitative estimate of drug-likeness (QED) is 0.928. The minimum Gasteiger partial charge on any atom is -0.368 e. The van der Waals surface area contributed by atoms with Crippen molar-refractivity contribution in [1.82, 2.24) is 10.2 Å². The molecule has 1 atom stereocenters. The fraction of sp³-hybridized carbons (Fsp3) is 0.286. The van der Waals surface area contributed by atoms with E-state index in [0.29, 0.717) is 6.42 Å². The first kappa shape index (κ1) is 16.3. The molecular formula is C21H24N2O. The average molecular weight is 320 g/mol. The first-order valence-corrected chi connectivity index (χ1v) is 8.39. The number of nitrogens with zero attached hydrogens (tertiary/aromatic N) is 1. The molecule has 0 aromatic heterocycles. The Labute approximate surface area is 144 Å². The minimum absolute atomic E-state index is 0.143. The topological polar surface area (TPSA) is 32.3 Å². The Morgan fingerprint density at radius 2 is 1.79 bits per heavy atom. The van der Waals surface area contributed by atoms with Crippen LogP contribution >= 0.6 is 0 Å². The summed E-state index contributed by atoms with van der Waals surface area (Å²) in [5.41, 5.74) is 4.82. The van der Waals surface area contributed by atoms with Gasteiger partial charge in [0.1, 0.15) is 5.82 Å². The van der Waals surface area contributed by atoms with Gasteiger partial charge in [0.05, 0.1) is 0 Å². The molecule has 3 nitrogen and oxygen atoms in total. The lowest BCUT2D eigenvalue weighted by atomic mass is 9.97. The molecule has 1 amide bonds. The highest BCUT2D eigenvalue weighted by atomic mass is 16.2. The molecule has 1 fully saturated rings. The maximum absolute atomic E-state index is 12.2. The standard InChI is InChI=1S/C21H24N2O/c1-15(2)21-22-19(14-20(24)23(21)3)13-16-8-7-11-18(12-16)17-9-5-4-6-10-17/h4-12,19,22H,13-14H2,1-3H3. The zero-order valence-corrected chi connectivity index (χ0v) is 14.5. The maximum Gasteiger partial charge on any atom is 0.229 e. The molecule has 3 rings (SSSR count). The van der Waals surface area contributed by atoms with Crippen LogP contribution in [0.2, 0.25) is 0 Å². The van der Waals surface area contributed by atoms with Crippen molar-refractivity contribution in [2.45, 2.75) is 32.7 Å². The Hall–Kier alpha value is -2.55. The minimum atomic E-state index is 0.143. The Bertz CT molecular complexity index is 760. The molecule has 2 aromatic carbocycles. The van der Waals surface area contributed by atoms with Crippen molar-refractivity contribution in [3.8, 4) is 11.1 Å². The number of carbonyl (C=O) groups is 1. The largest absolute Gasteiger partial charge is 0.368 e. The van der Waals surface area contributed by atoms with Crippen molar-refractivity contribution in [3.05, 3.63) is 71.6 Å². The van der Waals surface area contributed by atoms with Crippen molar-refractivity contribution in [3.63, 3.8) is 0 Å². The number of allylic oxidation sites excluding steroid dienone is 1. The predicted octanol–water partition coefficient (Wildman–Crippen LogP) is 3.97. The van der Waals surface area contributed by atoms with Crippen molar-refractivity contribution in [2.75, 3.05) is 7.05 Å². The first-order chi connectivity index (χ1) is 11.5. The average Bonchev–Trinajstić information content (AvgIpc) is 2.59. The van der Waals surface area contributed by atoms with Crippen LogP contribution in [0.3, 0.4) is 0 Å². The Morgan fingerprint density at radius 3 is 2.50 bits per heavy atom. The van der Waals surface area contributed by atoms with Gasteiger partial charge in [0, 0.05) is 19.5 Å². The number of carbonyl (C=O) groups excluding carboxylic acids is 1. The van der Waals surface area contributed by atoms with Crippen molar-refractivity contribution in [2.24, 2.45) is 0 Å². The molecule has 24 heavy (non-hydrogen) atoms. The molecule has 1 N–H and O–H groups in total. The second-order valence-electron chi connectivity index (χ2n) is 6.62. The highest BCUT2D eigenvalue weighted by Crippen LogP contribution is 2.23. The van der Waals surface area contributed by atoms with Crippen LogP contribution in [-0.2, 0) is 11.2 Å². The van der Waals surface area contributed by atoms with Crippen LogP contribution in [0.15, 0.2) is 66.0 Å². The van der Waals surface area contributed by atoms with E-state index in [-0.39, 0.29) is 11.9 Å². The van der Waals surface area contributed by atoms with Gasteiger partial charge >= 0.3 is 0 Å². The van der Waals surface area contributed by atoms with Gasteiger partial charge < -0.3 is 10.2 Å². The molecule has 0 spiro atoms. The Morgan fingerprint density at radius 1 is 1.08 bits per heavy atom. The zero-order valence-electron chi connectivity index (χ0n) is 14.5. The van der Waals surface area contributed by atoms with E-state index in [1.54, 1.807) is 4.90 Å². The normalized spacial score (nSPS) is 17.6. The molecule has 1 unspecified atom stereocenters. The number of benzene rings is 2. The lowest BCUT2D eigenvalue weighted by molar-refractivity contribution is -0.130. The SMILES string of the molecule is CC(C)=C1NC(Cc2cccc(-c3ccccc3)c2)CC(=O)N1C. The van der Waals surface area contributed by atoms with Crippen molar-refractivity contribution < 1.29 is 4.79 Å². The number of rotatable bonds is 3. The van der Waals surface area contributed by atoms with Crippen LogP contribution in [0.5, 0.6) is 0 Å². The number of hydrogen-bond donors (Lipinski definition) is 1. The predicted molar refractivity (Wildman–Crippen MR) is 98.3 cm³/mol. The maximum atomic E-state index is 12.2. The summed E-state index contributed by atoms with van der Waals surface area (Å²) in [6, 6.07) is 19.1. The highest BCUT2D eigenvalue weighted by molar-refractivity contribution is 5.79. The van der Waals surface area contributed by atoms with E-state index in [2.05, 4.69) is 53.8 Å². The van der Waals surface area contributed by atoms with Gasteiger partial charge in [0.25, 0.3) is 0 Å². The lowest BCUT2D eigenvalue weighted by Crippen LogP contribution is -2.48. The van der Waals surface area contributed by atoms with Crippen LogP contribution in [0.4, 0.5) is 0 Å². The molecule has 1 heterocycles. The second kappa shape index (κ2) is 6.91. The summed E-state index contributed by atoms with van der Waals surface area (Å²) in [6.45, 7) is 4.06. The monoisotopic (exact) mass is 320 g/mol. The van der Waals surface area contributed by atoms with Crippen molar-refractivity contribution >= 4 is 5.91 Å². The molecule has 1 aliphatic heterocycles. The molecule has 0 bridgehead atoms.